The Morgan fingerprint density at radius 3 is 1.86 bits per heavy atom. The Morgan fingerprint density at radius 2 is 1.33 bits per heavy atom. The summed E-state index contributed by atoms with van der Waals surface area (Å²) in [6, 6.07) is 8.43. The summed E-state index contributed by atoms with van der Waals surface area (Å²) >= 11 is 0. The molecular formula is C26H22N6O16S3. The van der Waals surface area contributed by atoms with Crippen molar-refractivity contribution in [3.63, 3.8) is 0 Å². The van der Waals surface area contributed by atoms with Crippen molar-refractivity contribution in [3.8, 4) is 23.0 Å². The van der Waals surface area contributed by atoms with Crippen LogP contribution in [0, 0.1) is 10.1 Å². The lowest BCUT2D eigenvalue weighted by atomic mass is 10.1. The number of ether oxygens (including phenoxy) is 2. The van der Waals surface area contributed by atoms with E-state index >= 15 is 0 Å². The molecule has 0 atom stereocenters. The molecule has 0 fully saturated rings. The molecule has 0 radical (unpaired) electrons. The van der Waals surface area contributed by atoms with Crippen molar-refractivity contribution in [2.75, 3.05) is 19.5 Å². The highest BCUT2D eigenvalue weighted by molar-refractivity contribution is 7.86. The van der Waals surface area contributed by atoms with Gasteiger partial charge in [-0.3, -0.25) is 24.0 Å². The maximum absolute atomic E-state index is 12.2. The van der Waals surface area contributed by atoms with Crippen LogP contribution in [0.25, 0.3) is 10.8 Å². The van der Waals surface area contributed by atoms with Crippen LogP contribution in [0.2, 0.25) is 0 Å². The zero-order chi connectivity index (χ0) is 38.4. The molecule has 1 amide bonds. The van der Waals surface area contributed by atoms with Crippen LogP contribution in [-0.2, 0) is 35.6 Å². The van der Waals surface area contributed by atoms with Gasteiger partial charge in [-0.25, -0.2) is 0 Å². The third-order valence-electron chi connectivity index (χ3n) is 6.21. The fourth-order valence-corrected chi connectivity index (χ4v) is 5.47. The Kier molecular flexibility index (Phi) is 12.0. The van der Waals surface area contributed by atoms with Gasteiger partial charge in [0.1, 0.15) is 32.5 Å². The number of rotatable bonds is 10. The van der Waals surface area contributed by atoms with E-state index in [4.69, 9.17) is 22.1 Å². The molecule has 270 valence electrons. The molecule has 0 aliphatic heterocycles. The largest absolute Gasteiger partial charge is 0.505 e. The van der Waals surface area contributed by atoms with Crippen molar-refractivity contribution in [2.45, 2.75) is 16.7 Å². The summed E-state index contributed by atoms with van der Waals surface area (Å²) < 4.78 is 103. The molecule has 25 heteroatoms. The summed E-state index contributed by atoms with van der Waals surface area (Å²) in [7, 11) is -10.8. The number of nitrogens with zero attached hydrogens (tertiary/aromatic N) is 5. The predicted octanol–water partition coefficient (Wildman–Crippen LogP) is 4.45. The first kappa shape index (κ1) is 39.3. The van der Waals surface area contributed by atoms with Gasteiger partial charge in [0.15, 0.2) is 23.0 Å². The second kappa shape index (κ2) is 15.6. The van der Waals surface area contributed by atoms with Gasteiger partial charge < -0.3 is 25.0 Å². The maximum Gasteiger partial charge on any atom is 0.425 e. The van der Waals surface area contributed by atoms with Crippen LogP contribution < -0.4 is 14.8 Å². The van der Waals surface area contributed by atoms with Crippen molar-refractivity contribution in [1.29, 1.82) is 0 Å². The molecule has 0 unspecified atom stereocenters. The van der Waals surface area contributed by atoms with E-state index in [2.05, 4.69) is 25.8 Å². The molecule has 0 saturated heterocycles. The van der Waals surface area contributed by atoms with Gasteiger partial charge in [-0.15, -0.1) is 33.1 Å². The minimum absolute atomic E-state index is 0.0173. The number of benzene rings is 4. The van der Waals surface area contributed by atoms with Gasteiger partial charge in [0.2, 0.25) is 5.91 Å². The van der Waals surface area contributed by atoms with Gasteiger partial charge in [-0.2, -0.15) is 16.8 Å². The van der Waals surface area contributed by atoms with E-state index in [1.54, 1.807) is 0 Å². The second-order valence-electron chi connectivity index (χ2n) is 9.47. The van der Waals surface area contributed by atoms with Crippen molar-refractivity contribution in [3.05, 3.63) is 58.6 Å². The number of carbonyl (C=O) groups excluding carboxylic acids is 1. The minimum Gasteiger partial charge on any atom is -0.505 e. The first-order chi connectivity index (χ1) is 23.7. The smallest absolute Gasteiger partial charge is 0.425 e. The quantitative estimate of drug-likeness (QED) is 0.0643. The number of methoxy groups -OCH3 is 2. The lowest BCUT2D eigenvalue weighted by molar-refractivity contribution is -0.385. The molecule has 4 aromatic rings. The van der Waals surface area contributed by atoms with Crippen LogP contribution in [0.1, 0.15) is 6.92 Å². The summed E-state index contributed by atoms with van der Waals surface area (Å²) in [6.45, 7) is 1.17. The third-order valence-corrected chi connectivity index (χ3v) is 7.96. The minimum atomic E-state index is -5.09. The summed E-state index contributed by atoms with van der Waals surface area (Å²) in [5, 5.41) is 50.3. The third kappa shape index (κ3) is 9.51. The summed E-state index contributed by atoms with van der Waals surface area (Å²) in [6.07, 6.45) is 0. The van der Waals surface area contributed by atoms with E-state index < -0.39 is 85.4 Å². The number of fused-ring (bicyclic) bond motifs is 1. The number of aromatic hydroxyl groups is 2. The average Bonchev–Trinajstić information content (AvgIpc) is 3.02. The first-order valence-electron chi connectivity index (χ1n) is 13.1. The topological polar surface area (TPSA) is 341 Å². The number of amides is 1. The Bertz CT molecular complexity index is 2460. The molecule has 0 saturated carbocycles. The van der Waals surface area contributed by atoms with E-state index in [-0.39, 0.29) is 33.9 Å². The zero-order valence-corrected chi connectivity index (χ0v) is 28.2. The number of hydrogen-bond acceptors (Lipinski definition) is 18. The molecule has 0 spiro atoms. The average molecular weight is 771 g/mol. The highest BCUT2D eigenvalue weighted by atomic mass is 32.2. The lowest BCUT2D eigenvalue weighted by Crippen LogP contribution is -2.07. The highest BCUT2D eigenvalue weighted by Crippen LogP contribution is 2.48. The zero-order valence-electron chi connectivity index (χ0n) is 25.8. The number of hydrogen-bond donors (Lipinski definition) is 5. The number of azo groups is 2. The number of phenolic OH excluding ortho intramolecular Hbond substituents is 2. The fourth-order valence-electron chi connectivity index (χ4n) is 4.17. The second-order valence-corrected chi connectivity index (χ2v) is 12.7. The van der Waals surface area contributed by atoms with Crippen LogP contribution in [0.5, 0.6) is 23.0 Å². The molecule has 51 heavy (non-hydrogen) atoms. The van der Waals surface area contributed by atoms with Crippen LogP contribution in [-0.4, -0.2) is 73.8 Å². The van der Waals surface area contributed by atoms with E-state index in [0.717, 1.165) is 50.6 Å². The van der Waals surface area contributed by atoms with Gasteiger partial charge >= 0.3 is 16.3 Å². The molecule has 0 aliphatic carbocycles. The van der Waals surface area contributed by atoms with Crippen LogP contribution in [0.4, 0.5) is 34.1 Å². The van der Waals surface area contributed by atoms with Crippen LogP contribution >= 0.6 is 0 Å². The van der Waals surface area contributed by atoms with Gasteiger partial charge in [-0.1, -0.05) is 6.07 Å². The Labute approximate surface area is 287 Å². The normalized spacial score (nSPS) is 11.6. The Balaban J connectivity index is 0.00000166. The number of nitro groups is 1. The predicted molar refractivity (Wildman–Crippen MR) is 172 cm³/mol. The fraction of sp³-hybridized carbons (Fsp3) is 0.115. The molecular weight excluding hydrogens is 749 g/mol. The first-order valence-corrected chi connectivity index (χ1v) is 17.0. The monoisotopic (exact) mass is 770 g/mol. The van der Waals surface area contributed by atoms with Gasteiger partial charge in [0.25, 0.3) is 20.2 Å². The molecule has 0 aliphatic rings. The van der Waals surface area contributed by atoms with Crippen molar-refractivity contribution < 1.29 is 68.0 Å². The SMILES string of the molecule is COc1cc([N+](=O)[O-])c(OC)cc1N=Nc1c(S(=O)(=O)O)cc2ccc(N=Nc3ccc(NC(C)=O)cc3S(=O)(=O)O)c(O)c2c1O.O=S(=O)=O. The maximum atomic E-state index is 12.2. The van der Waals surface area contributed by atoms with Gasteiger partial charge in [-0.05, 0) is 35.7 Å². The standard InChI is InChI=1S/C26H22N6O13S2.O3S/c1-12(33)27-14-5-7-15(21(9-14)46(38,39)40)28-29-16-6-4-13-8-22(47(41,42)43)24(26(35)23(13)25(16)34)31-30-17-10-20(45-3)18(32(36)37)11-19(17)44-2;1-4(2)3/h4-11,34-35H,1-3H3,(H,27,33)(H,38,39,40)(H,41,42,43);. The molecule has 4 rings (SSSR count). The number of nitrogens with one attached hydrogen (secondary N) is 1. The number of nitro benzene ring substituents is 1. The van der Waals surface area contributed by atoms with Crippen molar-refractivity contribution in [1.82, 2.24) is 0 Å². The molecule has 0 aromatic heterocycles. The van der Waals surface area contributed by atoms with E-state index in [1.165, 1.54) is 19.1 Å². The summed E-state index contributed by atoms with van der Waals surface area (Å²) in [4.78, 5) is 20.3. The Morgan fingerprint density at radius 1 is 0.784 bits per heavy atom. The van der Waals surface area contributed by atoms with Crippen LogP contribution in [0.3, 0.4) is 0 Å². The van der Waals surface area contributed by atoms with Crippen LogP contribution in [0.15, 0.2) is 78.8 Å². The number of anilines is 1. The summed E-state index contributed by atoms with van der Waals surface area (Å²) in [5.41, 5.74) is -2.36. The van der Waals surface area contributed by atoms with Crippen molar-refractivity contribution >= 4 is 81.6 Å². The van der Waals surface area contributed by atoms with Gasteiger partial charge in [0, 0.05) is 18.7 Å². The van der Waals surface area contributed by atoms with E-state index in [1.807, 2.05) is 0 Å². The van der Waals surface area contributed by atoms with E-state index in [0.29, 0.717) is 0 Å². The summed E-state index contributed by atoms with van der Waals surface area (Å²) in [5.74, 6) is -2.81. The highest BCUT2D eigenvalue weighted by Gasteiger charge is 2.26. The Hall–Kier alpha value is -6.15. The van der Waals surface area contributed by atoms with Crippen molar-refractivity contribution in [2.24, 2.45) is 20.5 Å². The number of phenols is 2. The van der Waals surface area contributed by atoms with E-state index in [9.17, 15) is 51.1 Å². The number of carbonyl (C=O) groups is 1. The molecule has 5 N–H and O–H groups in total. The molecule has 0 heterocycles. The molecule has 4 aromatic carbocycles. The lowest BCUT2D eigenvalue weighted by Gasteiger charge is -2.11. The molecule has 0 bridgehead atoms. The van der Waals surface area contributed by atoms with Gasteiger partial charge in [0.05, 0.1) is 30.6 Å². The molecule has 22 nitrogen and oxygen atoms in total.